The van der Waals surface area contributed by atoms with Crippen molar-refractivity contribution in [1.82, 2.24) is 9.80 Å². The minimum Gasteiger partial charge on any atom is -0.493 e. The van der Waals surface area contributed by atoms with Gasteiger partial charge in [-0.3, -0.25) is 19.6 Å². The van der Waals surface area contributed by atoms with Gasteiger partial charge in [0.1, 0.15) is 0 Å². The number of ether oxygens (including phenoxy) is 4. The van der Waals surface area contributed by atoms with Crippen LogP contribution in [0.15, 0.2) is 76.5 Å². The van der Waals surface area contributed by atoms with Gasteiger partial charge < -0.3 is 34.5 Å². The standard InChI is InChI=1S/C37H39N5O6/c1-23-11-28(41(2)20-23)18-39-31-16-35(33(45-3)14-26(31)22-43)47-9-6-10-48-36-17-32-30(15-34(36)46-4)37(44)42-21-25(13-29(42)19-40-32)24-7-5-8-27(38)12-24/h5,7-8,12,14-22,28-29H,6,9-11,13,38H2,1-4H3. The summed E-state index contributed by atoms with van der Waals surface area (Å²) < 4.78 is 23.2. The van der Waals surface area contributed by atoms with Gasteiger partial charge in [-0.1, -0.05) is 17.7 Å². The number of fused-ring (bicyclic) bond motifs is 2. The van der Waals surface area contributed by atoms with E-state index in [0.717, 1.165) is 23.8 Å². The van der Waals surface area contributed by atoms with E-state index in [-0.39, 0.29) is 18.0 Å². The van der Waals surface area contributed by atoms with Crippen molar-refractivity contribution in [2.75, 3.05) is 40.2 Å². The highest BCUT2D eigenvalue weighted by Gasteiger charge is 2.33. The summed E-state index contributed by atoms with van der Waals surface area (Å²) in [6, 6.07) is 14.3. The molecule has 2 N–H and O–H groups in total. The zero-order chi connectivity index (χ0) is 33.8. The van der Waals surface area contributed by atoms with Crippen LogP contribution in [0.5, 0.6) is 23.0 Å². The maximum Gasteiger partial charge on any atom is 0.260 e. The first-order valence-corrected chi connectivity index (χ1v) is 15.8. The Bertz CT molecular complexity index is 1850. The van der Waals surface area contributed by atoms with Crippen molar-refractivity contribution in [3.63, 3.8) is 0 Å². The van der Waals surface area contributed by atoms with Gasteiger partial charge in [0.05, 0.1) is 56.5 Å². The number of hydrogen-bond donors (Lipinski definition) is 1. The third-order valence-corrected chi connectivity index (χ3v) is 8.58. The Balaban J connectivity index is 1.10. The summed E-state index contributed by atoms with van der Waals surface area (Å²) in [7, 11) is 5.07. The molecule has 0 saturated heterocycles. The van der Waals surface area contributed by atoms with E-state index < -0.39 is 0 Å². The van der Waals surface area contributed by atoms with Crippen LogP contribution in [0.3, 0.4) is 0 Å². The number of aldehydes is 1. The molecule has 0 aliphatic carbocycles. The molecule has 3 heterocycles. The number of carbonyl (C=O) groups is 2. The van der Waals surface area contributed by atoms with Gasteiger partial charge in [-0.05, 0) is 54.9 Å². The van der Waals surface area contributed by atoms with E-state index in [1.165, 1.54) is 19.8 Å². The van der Waals surface area contributed by atoms with Crippen LogP contribution in [0.1, 0.15) is 52.5 Å². The van der Waals surface area contributed by atoms with Crippen molar-refractivity contribution in [1.29, 1.82) is 0 Å². The first kappa shape index (κ1) is 32.4. The van der Waals surface area contributed by atoms with E-state index in [1.54, 1.807) is 35.4 Å². The number of nitrogens with two attached hydrogens (primary N) is 1. The lowest BCUT2D eigenvalue weighted by molar-refractivity contribution is 0.0817. The third-order valence-electron chi connectivity index (χ3n) is 8.58. The molecule has 0 saturated carbocycles. The molecule has 0 aromatic heterocycles. The van der Waals surface area contributed by atoms with E-state index in [1.807, 2.05) is 43.7 Å². The lowest BCUT2D eigenvalue weighted by Gasteiger charge is -2.19. The number of hydrogen-bond acceptors (Lipinski definition) is 10. The molecule has 3 aromatic rings. The molecule has 3 aliphatic heterocycles. The zero-order valence-corrected chi connectivity index (χ0v) is 27.5. The van der Waals surface area contributed by atoms with E-state index in [4.69, 9.17) is 24.7 Å². The van der Waals surface area contributed by atoms with Crippen molar-refractivity contribution in [2.24, 2.45) is 9.98 Å². The van der Waals surface area contributed by atoms with Crippen LogP contribution in [0.2, 0.25) is 0 Å². The third kappa shape index (κ3) is 6.76. The monoisotopic (exact) mass is 649 g/mol. The van der Waals surface area contributed by atoms with Crippen LogP contribution in [0.4, 0.5) is 17.1 Å². The lowest BCUT2D eigenvalue weighted by Crippen LogP contribution is -2.32. The van der Waals surface area contributed by atoms with Crippen LogP contribution in [0, 0.1) is 0 Å². The van der Waals surface area contributed by atoms with Crippen molar-refractivity contribution in [2.45, 2.75) is 38.3 Å². The van der Waals surface area contributed by atoms with Crippen LogP contribution in [-0.4, -0.2) is 81.0 Å². The van der Waals surface area contributed by atoms with E-state index in [0.29, 0.717) is 77.2 Å². The number of anilines is 1. The van der Waals surface area contributed by atoms with Gasteiger partial charge in [-0.2, -0.15) is 0 Å². The Morgan fingerprint density at radius 1 is 0.979 bits per heavy atom. The van der Waals surface area contributed by atoms with Gasteiger partial charge in [0.15, 0.2) is 29.3 Å². The smallest absolute Gasteiger partial charge is 0.260 e. The molecule has 0 radical (unpaired) electrons. The van der Waals surface area contributed by atoms with Crippen molar-refractivity contribution >= 4 is 47.3 Å². The summed E-state index contributed by atoms with van der Waals surface area (Å²) in [5.74, 6) is 1.67. The van der Waals surface area contributed by atoms with E-state index in [9.17, 15) is 9.59 Å². The minimum absolute atomic E-state index is 0.128. The maximum absolute atomic E-state index is 13.6. The highest BCUT2D eigenvalue weighted by atomic mass is 16.5. The van der Waals surface area contributed by atoms with Crippen molar-refractivity contribution in [3.05, 3.63) is 83.2 Å². The van der Waals surface area contributed by atoms with Crippen LogP contribution < -0.4 is 24.7 Å². The molecule has 48 heavy (non-hydrogen) atoms. The fourth-order valence-corrected chi connectivity index (χ4v) is 6.07. The summed E-state index contributed by atoms with van der Waals surface area (Å²) in [6.07, 6.45) is 10.4. The Hall–Kier alpha value is -5.58. The van der Waals surface area contributed by atoms with Gasteiger partial charge in [0.25, 0.3) is 5.91 Å². The number of benzene rings is 3. The second kappa shape index (κ2) is 14.0. The highest BCUT2D eigenvalue weighted by Crippen LogP contribution is 2.40. The predicted octanol–water partition coefficient (Wildman–Crippen LogP) is 6.23. The van der Waals surface area contributed by atoms with Crippen molar-refractivity contribution in [3.8, 4) is 23.0 Å². The molecule has 0 spiro atoms. The van der Waals surface area contributed by atoms with Crippen LogP contribution >= 0.6 is 0 Å². The molecule has 1 amide bonds. The first-order valence-electron chi connectivity index (χ1n) is 15.8. The predicted molar refractivity (Wildman–Crippen MR) is 187 cm³/mol. The molecule has 2 atom stereocenters. The van der Waals surface area contributed by atoms with Gasteiger partial charge >= 0.3 is 0 Å². The molecule has 3 aliphatic rings. The summed E-state index contributed by atoms with van der Waals surface area (Å²) >= 11 is 0. The summed E-state index contributed by atoms with van der Waals surface area (Å²) in [6.45, 7) is 2.71. The minimum atomic E-state index is -0.206. The molecular weight excluding hydrogens is 610 g/mol. The zero-order valence-electron chi connectivity index (χ0n) is 27.5. The molecule has 0 bridgehead atoms. The normalized spacial score (nSPS) is 18.3. The van der Waals surface area contributed by atoms with E-state index in [2.05, 4.69) is 28.0 Å². The summed E-state index contributed by atoms with van der Waals surface area (Å²) in [5.41, 5.74) is 11.8. The summed E-state index contributed by atoms with van der Waals surface area (Å²) in [5, 5.41) is 0. The Morgan fingerprint density at radius 3 is 2.42 bits per heavy atom. The molecule has 6 rings (SSSR count). The lowest BCUT2D eigenvalue weighted by atomic mass is 10.0. The average molecular weight is 650 g/mol. The molecule has 11 heteroatoms. The molecule has 248 valence electrons. The first-order chi connectivity index (χ1) is 23.3. The van der Waals surface area contributed by atoms with Gasteiger partial charge in [-0.15, -0.1) is 0 Å². The fraction of sp³-hybridized carbons (Fsp3) is 0.297. The number of amides is 1. The van der Waals surface area contributed by atoms with E-state index >= 15 is 0 Å². The quantitative estimate of drug-likeness (QED) is 0.106. The highest BCUT2D eigenvalue weighted by molar-refractivity contribution is 6.05. The van der Waals surface area contributed by atoms with Gasteiger partial charge in [0, 0.05) is 61.9 Å². The number of aliphatic imine (C=N–C) groups is 2. The second-order valence-corrected chi connectivity index (χ2v) is 12.0. The number of nitrogen functional groups attached to an aromatic ring is 1. The molecule has 11 nitrogen and oxygen atoms in total. The Labute approximate surface area is 280 Å². The Kier molecular flexibility index (Phi) is 9.47. The van der Waals surface area contributed by atoms with Gasteiger partial charge in [-0.25, -0.2) is 0 Å². The Morgan fingerprint density at radius 2 is 1.73 bits per heavy atom. The van der Waals surface area contributed by atoms with Gasteiger partial charge in [0.2, 0.25) is 0 Å². The maximum atomic E-state index is 13.6. The number of carbonyl (C=O) groups excluding carboxylic acids is 2. The summed E-state index contributed by atoms with van der Waals surface area (Å²) in [4.78, 5) is 38.6. The molecular formula is C37H39N5O6. The molecule has 3 aromatic carbocycles. The topological polar surface area (TPSA) is 128 Å². The van der Waals surface area contributed by atoms with Crippen LogP contribution in [-0.2, 0) is 0 Å². The average Bonchev–Trinajstić information content (AvgIpc) is 3.63. The molecule has 2 unspecified atom stereocenters. The van der Waals surface area contributed by atoms with Crippen LogP contribution in [0.25, 0.3) is 5.57 Å². The SMILES string of the molecule is COc1cc(C=O)c(N=CC2CC(C)=CN2C)cc1OCCCOc1cc2c(cc1OC)C(=O)N1C=C(c3cccc(N)c3)CC1C=N2. The van der Waals surface area contributed by atoms with Crippen molar-refractivity contribution < 1.29 is 28.5 Å². The fourth-order valence-electron chi connectivity index (χ4n) is 6.07. The second-order valence-electron chi connectivity index (χ2n) is 12.0. The largest absolute Gasteiger partial charge is 0.493 e. The number of nitrogens with zero attached hydrogens (tertiary/aromatic N) is 4. The number of rotatable bonds is 12. The number of methoxy groups -OCH3 is 2. The molecule has 0 fully saturated rings.